The molecular weight excluding hydrogens is 581 g/mol. The minimum atomic E-state index is 0.954. The van der Waals surface area contributed by atoms with E-state index < -0.39 is 0 Å². The van der Waals surface area contributed by atoms with E-state index in [1.54, 1.807) is 0 Å². The van der Waals surface area contributed by atoms with Crippen molar-refractivity contribution in [3.05, 3.63) is 94.7 Å². The van der Waals surface area contributed by atoms with Crippen LogP contribution >= 0.6 is 34.0 Å². The first-order valence-corrected chi connectivity index (χ1v) is 18.0. The zero-order valence-corrected chi connectivity index (χ0v) is 27.1. The van der Waals surface area contributed by atoms with Crippen molar-refractivity contribution in [3.63, 3.8) is 0 Å². The number of unbranched alkanes of at least 4 members (excludes halogenated alkanes) is 5. The zero-order valence-electron chi connectivity index (χ0n) is 24.7. The fourth-order valence-corrected chi connectivity index (χ4v) is 9.88. The van der Waals surface area contributed by atoms with E-state index in [0.29, 0.717) is 0 Å². The summed E-state index contributed by atoms with van der Waals surface area (Å²) in [6.45, 7) is 4.49. The Bertz CT molecular complexity index is 2250. The maximum Gasteiger partial charge on any atom is 0.143 e. The molecule has 0 spiro atoms. The minimum Gasteiger partial charge on any atom is -0.455 e. The maximum atomic E-state index is 6.76. The number of thiophene rings is 3. The van der Waals surface area contributed by atoms with Gasteiger partial charge in [-0.15, -0.1) is 34.0 Å². The Hall–Kier alpha value is -3.44. The average molecular weight is 615 g/mol. The van der Waals surface area contributed by atoms with Crippen LogP contribution in [0.4, 0.5) is 0 Å². The van der Waals surface area contributed by atoms with Crippen molar-refractivity contribution in [1.82, 2.24) is 0 Å². The van der Waals surface area contributed by atoms with E-state index in [1.807, 2.05) is 34.0 Å². The van der Waals surface area contributed by atoms with Crippen LogP contribution in [0.3, 0.4) is 0 Å². The first-order valence-electron chi connectivity index (χ1n) is 15.6. The van der Waals surface area contributed by atoms with Gasteiger partial charge >= 0.3 is 0 Å². The largest absolute Gasteiger partial charge is 0.455 e. The summed E-state index contributed by atoms with van der Waals surface area (Å²) in [4.78, 5) is 5.48. The van der Waals surface area contributed by atoms with Crippen LogP contribution in [0.1, 0.15) is 55.2 Å². The highest BCUT2D eigenvalue weighted by Crippen LogP contribution is 2.51. The highest BCUT2D eigenvalue weighted by molar-refractivity contribution is 7.27. The second kappa shape index (κ2) is 11.2. The predicted octanol–water partition coefficient (Wildman–Crippen LogP) is 13.8. The number of hydrogen-bond donors (Lipinski definition) is 0. The molecule has 0 aliphatic carbocycles. The lowest BCUT2D eigenvalue weighted by Gasteiger charge is -2.12. The standard InChI is InChI=1S/C39H34OS3/c1-3-4-5-6-7-8-13-25-19-21-35(42-25)31-22-28-26-14-9-11-16-32(26)40-38(28)36-30(34-20-18-24(2)41-34)23-29-27-15-10-12-17-33(27)43-39(29)37(31)36/h9-12,14-23H,3-8,13H2,1-2H3. The number of fused-ring (bicyclic) bond motifs is 9. The van der Waals surface area contributed by atoms with E-state index in [0.717, 1.165) is 11.2 Å². The van der Waals surface area contributed by atoms with Gasteiger partial charge in [0.15, 0.2) is 0 Å². The van der Waals surface area contributed by atoms with E-state index in [-0.39, 0.29) is 0 Å². The highest BCUT2D eigenvalue weighted by Gasteiger charge is 2.23. The third-order valence-electron chi connectivity index (χ3n) is 8.80. The van der Waals surface area contributed by atoms with Gasteiger partial charge in [-0.1, -0.05) is 75.4 Å². The SMILES string of the molecule is CCCCCCCCc1ccc(-c2cc3c4ccccc4oc3c3c(-c4ccc(C)s4)cc4c5ccccc5sc4c23)s1. The predicted molar refractivity (Wildman–Crippen MR) is 193 cm³/mol. The van der Waals surface area contributed by atoms with Crippen LogP contribution in [-0.2, 0) is 6.42 Å². The molecule has 0 N–H and O–H groups in total. The van der Waals surface area contributed by atoms with Gasteiger partial charge in [0.25, 0.3) is 0 Å². The number of para-hydroxylation sites is 1. The molecular formula is C39H34OS3. The molecule has 0 saturated carbocycles. The summed E-state index contributed by atoms with van der Waals surface area (Å²) in [5.41, 5.74) is 4.57. The van der Waals surface area contributed by atoms with Crippen LogP contribution in [-0.4, -0.2) is 0 Å². The molecule has 43 heavy (non-hydrogen) atoms. The Labute approximate surface area is 264 Å². The highest BCUT2D eigenvalue weighted by atomic mass is 32.1. The van der Waals surface area contributed by atoms with E-state index in [1.165, 1.54) is 117 Å². The van der Waals surface area contributed by atoms with Crippen molar-refractivity contribution in [3.8, 4) is 20.9 Å². The van der Waals surface area contributed by atoms with Gasteiger partial charge in [-0.25, -0.2) is 0 Å². The van der Waals surface area contributed by atoms with Crippen molar-refractivity contribution in [2.75, 3.05) is 0 Å². The van der Waals surface area contributed by atoms with Gasteiger partial charge in [-0.2, -0.15) is 0 Å². The van der Waals surface area contributed by atoms with Crippen LogP contribution in [0.15, 0.2) is 89.3 Å². The third kappa shape index (κ3) is 4.71. The van der Waals surface area contributed by atoms with E-state index in [2.05, 4.69) is 98.8 Å². The third-order valence-corrected chi connectivity index (χ3v) is 12.2. The smallest absolute Gasteiger partial charge is 0.143 e. The van der Waals surface area contributed by atoms with Crippen LogP contribution in [0, 0.1) is 6.92 Å². The molecule has 0 saturated heterocycles. The number of furan rings is 1. The zero-order chi connectivity index (χ0) is 28.9. The summed E-state index contributed by atoms with van der Waals surface area (Å²) in [7, 11) is 0. The Balaban J connectivity index is 1.41. The Morgan fingerprint density at radius 1 is 0.605 bits per heavy atom. The molecule has 4 heterocycles. The molecule has 0 aliphatic rings. The molecule has 0 unspecified atom stereocenters. The molecule has 0 atom stereocenters. The molecule has 0 bridgehead atoms. The molecule has 0 aliphatic heterocycles. The Kier molecular flexibility index (Phi) is 7.09. The molecule has 1 nitrogen and oxygen atoms in total. The second-order valence-corrected chi connectivity index (χ2v) is 15.3. The van der Waals surface area contributed by atoms with E-state index in [4.69, 9.17) is 4.42 Å². The topological polar surface area (TPSA) is 13.1 Å². The number of benzene rings is 4. The molecule has 0 amide bonds. The normalized spacial score (nSPS) is 12.1. The summed E-state index contributed by atoms with van der Waals surface area (Å²) < 4.78 is 9.45. The summed E-state index contributed by atoms with van der Waals surface area (Å²) >= 11 is 5.78. The summed E-state index contributed by atoms with van der Waals surface area (Å²) in [6, 6.07) is 31.6. The van der Waals surface area contributed by atoms with Gasteiger partial charge < -0.3 is 4.42 Å². The molecule has 4 heteroatoms. The van der Waals surface area contributed by atoms with Crippen molar-refractivity contribution in [2.45, 2.75) is 58.8 Å². The van der Waals surface area contributed by atoms with Crippen LogP contribution in [0.5, 0.6) is 0 Å². The Morgan fingerprint density at radius 3 is 2.19 bits per heavy atom. The lowest BCUT2D eigenvalue weighted by atomic mass is 9.93. The second-order valence-electron chi connectivity index (χ2n) is 11.7. The van der Waals surface area contributed by atoms with Gasteiger partial charge in [0, 0.05) is 72.4 Å². The van der Waals surface area contributed by atoms with Crippen molar-refractivity contribution in [2.24, 2.45) is 0 Å². The maximum absolute atomic E-state index is 6.76. The first-order chi connectivity index (χ1) is 21.2. The van der Waals surface area contributed by atoms with Crippen LogP contribution in [0.2, 0.25) is 0 Å². The number of rotatable bonds is 9. The average Bonchev–Trinajstić information content (AvgIpc) is 3.82. The molecule has 8 rings (SSSR count). The number of hydrogen-bond acceptors (Lipinski definition) is 4. The van der Waals surface area contributed by atoms with Crippen LogP contribution < -0.4 is 0 Å². The molecule has 4 aromatic carbocycles. The Morgan fingerprint density at radius 2 is 1.33 bits per heavy atom. The summed E-state index contributed by atoms with van der Waals surface area (Å²) in [6.07, 6.45) is 9.17. The molecule has 8 aromatic rings. The molecule has 214 valence electrons. The summed E-state index contributed by atoms with van der Waals surface area (Å²) in [5, 5.41) is 7.65. The first kappa shape index (κ1) is 27.1. The monoisotopic (exact) mass is 614 g/mol. The molecule has 0 fully saturated rings. The van der Waals surface area contributed by atoms with Gasteiger partial charge in [0.05, 0.1) is 0 Å². The minimum absolute atomic E-state index is 0.954. The van der Waals surface area contributed by atoms with Gasteiger partial charge in [-0.3, -0.25) is 0 Å². The lowest BCUT2D eigenvalue weighted by Crippen LogP contribution is -1.86. The van der Waals surface area contributed by atoms with E-state index >= 15 is 0 Å². The van der Waals surface area contributed by atoms with Crippen molar-refractivity contribution >= 4 is 86.9 Å². The molecule has 0 radical (unpaired) electrons. The fourth-order valence-electron chi connectivity index (χ4n) is 6.67. The van der Waals surface area contributed by atoms with Crippen molar-refractivity contribution in [1.29, 1.82) is 0 Å². The van der Waals surface area contributed by atoms with E-state index in [9.17, 15) is 0 Å². The lowest BCUT2D eigenvalue weighted by molar-refractivity contribution is 0.609. The quantitative estimate of drug-likeness (QED) is 0.147. The molecule has 4 aromatic heterocycles. The van der Waals surface area contributed by atoms with Gasteiger partial charge in [-0.05, 0) is 68.3 Å². The van der Waals surface area contributed by atoms with Gasteiger partial charge in [0.1, 0.15) is 11.2 Å². The van der Waals surface area contributed by atoms with Gasteiger partial charge in [0.2, 0.25) is 0 Å². The fraction of sp³-hybridized carbons (Fsp3) is 0.231. The summed E-state index contributed by atoms with van der Waals surface area (Å²) in [5.74, 6) is 0. The number of aryl methyl sites for hydroxylation is 2. The van der Waals surface area contributed by atoms with Crippen LogP contribution in [0.25, 0.3) is 73.8 Å². The van der Waals surface area contributed by atoms with Crippen molar-refractivity contribution < 1.29 is 4.42 Å².